The molecule has 0 saturated heterocycles. The Hall–Kier alpha value is 0.970. The molecular formula is C8H24Cl2NP. The Balaban J connectivity index is -0.0000000457. The van der Waals surface area contributed by atoms with Crippen molar-refractivity contribution in [1.29, 1.82) is 0 Å². The molecular weight excluding hydrogens is 212 g/mol. The minimum absolute atomic E-state index is 0. The SMILES string of the molecule is CCC(C)N.C[P+](C)(C)C.Cl.[Cl-]. The zero-order valence-electron chi connectivity index (χ0n) is 9.10. The molecule has 2 N–H and O–H groups in total. The molecule has 0 radical (unpaired) electrons. The first kappa shape index (κ1) is 23.1. The zero-order chi connectivity index (χ0) is 8.78. The molecule has 4 heteroatoms. The highest BCUT2D eigenvalue weighted by Crippen LogP contribution is 2.40. The Morgan fingerprint density at radius 2 is 1.25 bits per heavy atom. The molecule has 0 heterocycles. The molecule has 0 spiro atoms. The van der Waals surface area contributed by atoms with E-state index in [1.165, 1.54) is 0 Å². The summed E-state index contributed by atoms with van der Waals surface area (Å²) in [6, 6.07) is 0.384. The lowest BCUT2D eigenvalue weighted by Gasteiger charge is -1.97. The lowest BCUT2D eigenvalue weighted by Crippen LogP contribution is -3.00. The lowest BCUT2D eigenvalue weighted by molar-refractivity contribution is -0.00000308. The molecule has 0 amide bonds. The predicted molar refractivity (Wildman–Crippen MR) is 61.8 cm³/mol. The molecule has 0 rings (SSSR count). The van der Waals surface area contributed by atoms with Gasteiger partial charge in [-0.1, -0.05) is 6.92 Å². The molecule has 0 aliphatic carbocycles. The van der Waals surface area contributed by atoms with Gasteiger partial charge in [-0.25, -0.2) is 0 Å². The molecule has 0 saturated carbocycles. The Bertz CT molecular complexity index is 65.9. The maximum atomic E-state index is 5.29. The van der Waals surface area contributed by atoms with Crippen LogP contribution >= 0.6 is 19.7 Å². The third-order valence-electron chi connectivity index (χ3n) is 0.644. The standard InChI is InChI=1S/C4H11N.C4H12P.2ClH/c1-3-4(2)5;1-5(2,3)4;;/h4H,3,5H2,1-2H3;1-4H3;2*1H/q;+1;;/p-1. The topological polar surface area (TPSA) is 26.0 Å². The van der Waals surface area contributed by atoms with Gasteiger partial charge in [0.05, 0.1) is 0 Å². The minimum Gasteiger partial charge on any atom is -1.00 e. The van der Waals surface area contributed by atoms with E-state index in [2.05, 4.69) is 33.6 Å². The zero-order valence-corrected chi connectivity index (χ0v) is 11.6. The first-order valence-corrected chi connectivity index (χ1v) is 7.39. The van der Waals surface area contributed by atoms with Gasteiger partial charge >= 0.3 is 0 Å². The van der Waals surface area contributed by atoms with Crippen molar-refractivity contribution in [3.05, 3.63) is 0 Å². The van der Waals surface area contributed by atoms with Crippen molar-refractivity contribution in [2.75, 3.05) is 26.7 Å². The van der Waals surface area contributed by atoms with Gasteiger partial charge in [-0.15, -0.1) is 12.4 Å². The van der Waals surface area contributed by atoms with E-state index >= 15 is 0 Å². The second kappa shape index (κ2) is 12.0. The third-order valence-corrected chi connectivity index (χ3v) is 0.644. The molecule has 0 aliphatic heterocycles. The summed E-state index contributed by atoms with van der Waals surface area (Å²) >= 11 is 0. The monoisotopic (exact) mass is 235 g/mol. The van der Waals surface area contributed by atoms with E-state index in [-0.39, 0.29) is 32.1 Å². The molecule has 0 aromatic rings. The average Bonchev–Trinajstić information content (AvgIpc) is 1.61. The van der Waals surface area contributed by atoms with Crippen molar-refractivity contribution in [3.63, 3.8) is 0 Å². The number of nitrogens with two attached hydrogens (primary N) is 1. The fourth-order valence-electron chi connectivity index (χ4n) is 0. The van der Waals surface area contributed by atoms with E-state index in [0.29, 0.717) is 6.04 Å². The normalized spacial score (nSPS) is 11.2. The second-order valence-corrected chi connectivity index (χ2v) is 9.44. The molecule has 12 heavy (non-hydrogen) atoms. The molecule has 0 aromatic heterocycles. The van der Waals surface area contributed by atoms with Gasteiger partial charge in [0, 0.05) is 40.0 Å². The van der Waals surface area contributed by atoms with Gasteiger partial charge in [-0.05, 0) is 13.3 Å². The molecule has 1 unspecified atom stereocenters. The minimum atomic E-state index is -0.389. The highest BCUT2D eigenvalue weighted by atomic mass is 35.5. The van der Waals surface area contributed by atoms with E-state index in [1.54, 1.807) is 0 Å². The van der Waals surface area contributed by atoms with E-state index < -0.39 is 0 Å². The van der Waals surface area contributed by atoms with Crippen LogP contribution in [0, 0.1) is 0 Å². The Kier molecular flexibility index (Phi) is 23.0. The molecule has 0 fully saturated rings. The first-order chi connectivity index (χ1) is 4.27. The highest BCUT2D eigenvalue weighted by Gasteiger charge is 2.03. The predicted octanol–water partition coefficient (Wildman–Crippen LogP) is -0.307. The summed E-state index contributed by atoms with van der Waals surface area (Å²) in [7, 11) is -0.389. The Morgan fingerprint density at radius 1 is 1.17 bits per heavy atom. The van der Waals surface area contributed by atoms with E-state index in [0.717, 1.165) is 6.42 Å². The van der Waals surface area contributed by atoms with Gasteiger partial charge in [0.15, 0.2) is 0 Å². The van der Waals surface area contributed by atoms with Crippen LogP contribution in [-0.2, 0) is 0 Å². The third kappa shape index (κ3) is 124. The first-order valence-electron chi connectivity index (χ1n) is 3.81. The molecule has 0 aliphatic rings. The van der Waals surface area contributed by atoms with Gasteiger partial charge in [0.1, 0.15) is 0 Å². The van der Waals surface area contributed by atoms with Crippen molar-refractivity contribution in [3.8, 4) is 0 Å². The van der Waals surface area contributed by atoms with Crippen LogP contribution in [0.4, 0.5) is 0 Å². The number of halogens is 2. The van der Waals surface area contributed by atoms with Crippen LogP contribution in [0.3, 0.4) is 0 Å². The van der Waals surface area contributed by atoms with Crippen molar-refractivity contribution < 1.29 is 12.4 Å². The van der Waals surface area contributed by atoms with Crippen LogP contribution < -0.4 is 18.1 Å². The van der Waals surface area contributed by atoms with Crippen molar-refractivity contribution in [1.82, 2.24) is 0 Å². The smallest absolute Gasteiger partial charge is 0.0481 e. The van der Waals surface area contributed by atoms with E-state index in [1.807, 2.05) is 6.92 Å². The quantitative estimate of drug-likeness (QED) is 0.621. The Labute approximate surface area is 91.0 Å². The number of hydrogen-bond donors (Lipinski definition) is 1. The van der Waals surface area contributed by atoms with Crippen molar-refractivity contribution in [2.24, 2.45) is 5.73 Å². The molecule has 0 aromatic carbocycles. The average molecular weight is 236 g/mol. The lowest BCUT2D eigenvalue weighted by atomic mass is 10.3. The fourth-order valence-corrected chi connectivity index (χ4v) is 0. The van der Waals surface area contributed by atoms with Crippen molar-refractivity contribution >= 4 is 19.7 Å². The highest BCUT2D eigenvalue weighted by molar-refractivity contribution is 7.72. The van der Waals surface area contributed by atoms with Crippen LogP contribution in [0.1, 0.15) is 20.3 Å². The maximum Gasteiger partial charge on any atom is 0.0481 e. The molecule has 0 bridgehead atoms. The summed E-state index contributed by atoms with van der Waals surface area (Å²) in [5, 5.41) is 0. The molecule has 1 atom stereocenters. The van der Waals surface area contributed by atoms with Crippen LogP contribution in [-0.4, -0.2) is 32.7 Å². The van der Waals surface area contributed by atoms with Gasteiger partial charge in [0.2, 0.25) is 0 Å². The maximum absolute atomic E-state index is 5.29. The van der Waals surface area contributed by atoms with Gasteiger partial charge in [0.25, 0.3) is 0 Å². The van der Waals surface area contributed by atoms with Gasteiger partial charge in [-0.3, -0.25) is 0 Å². The Morgan fingerprint density at radius 3 is 1.25 bits per heavy atom. The summed E-state index contributed by atoms with van der Waals surface area (Å²) in [5.41, 5.74) is 5.29. The molecule has 80 valence electrons. The fraction of sp³-hybridized carbons (Fsp3) is 1.00. The van der Waals surface area contributed by atoms with Crippen LogP contribution in [0.15, 0.2) is 0 Å². The van der Waals surface area contributed by atoms with Crippen LogP contribution in [0.25, 0.3) is 0 Å². The van der Waals surface area contributed by atoms with Gasteiger partial charge in [-0.2, -0.15) is 0 Å². The number of rotatable bonds is 1. The summed E-state index contributed by atoms with van der Waals surface area (Å²) in [6.45, 7) is 13.3. The van der Waals surface area contributed by atoms with Crippen LogP contribution in [0.5, 0.6) is 0 Å². The second-order valence-electron chi connectivity index (χ2n) is 4.07. The summed E-state index contributed by atoms with van der Waals surface area (Å²) in [4.78, 5) is 0. The van der Waals surface area contributed by atoms with Crippen molar-refractivity contribution in [2.45, 2.75) is 26.3 Å². The van der Waals surface area contributed by atoms with Gasteiger partial charge < -0.3 is 18.1 Å². The largest absolute Gasteiger partial charge is 1.00 e. The molecule has 1 nitrogen and oxygen atoms in total. The van der Waals surface area contributed by atoms with E-state index in [9.17, 15) is 0 Å². The van der Waals surface area contributed by atoms with Crippen LogP contribution in [0.2, 0.25) is 0 Å². The van der Waals surface area contributed by atoms with E-state index in [4.69, 9.17) is 5.73 Å². The summed E-state index contributed by atoms with van der Waals surface area (Å²) in [6.07, 6.45) is 1.08. The summed E-state index contributed by atoms with van der Waals surface area (Å²) < 4.78 is 0. The number of hydrogen-bond acceptors (Lipinski definition) is 1. The summed E-state index contributed by atoms with van der Waals surface area (Å²) in [5.74, 6) is 0.